The van der Waals surface area contributed by atoms with Crippen LogP contribution in [-0.2, 0) is 6.54 Å². The van der Waals surface area contributed by atoms with E-state index in [1.54, 1.807) is 13.3 Å². The van der Waals surface area contributed by atoms with Crippen molar-refractivity contribution in [3.63, 3.8) is 0 Å². The first-order valence-electron chi connectivity index (χ1n) is 7.82. The number of ether oxygens (including phenoxy) is 1. The first kappa shape index (κ1) is 13.8. The van der Waals surface area contributed by atoms with Gasteiger partial charge in [0.1, 0.15) is 0 Å². The second kappa shape index (κ2) is 6.55. The molecule has 2 fully saturated rings. The molecule has 110 valence electrons. The van der Waals surface area contributed by atoms with Gasteiger partial charge in [0.15, 0.2) is 0 Å². The van der Waals surface area contributed by atoms with E-state index in [0.29, 0.717) is 6.04 Å². The Morgan fingerprint density at radius 1 is 1.35 bits per heavy atom. The van der Waals surface area contributed by atoms with E-state index in [9.17, 15) is 0 Å². The number of hydrogen-bond acceptors (Lipinski definition) is 4. The predicted octanol–water partition coefficient (Wildman–Crippen LogP) is 2.20. The van der Waals surface area contributed by atoms with Gasteiger partial charge in [-0.05, 0) is 38.3 Å². The van der Waals surface area contributed by atoms with Gasteiger partial charge in [-0.25, -0.2) is 4.98 Å². The van der Waals surface area contributed by atoms with E-state index < -0.39 is 0 Å². The molecule has 1 N–H and O–H groups in total. The molecule has 3 rings (SSSR count). The predicted molar refractivity (Wildman–Crippen MR) is 79.9 cm³/mol. The molecule has 4 heteroatoms. The molecule has 1 saturated carbocycles. The minimum atomic E-state index is 0.659. The van der Waals surface area contributed by atoms with E-state index >= 15 is 0 Å². The molecule has 1 aromatic heterocycles. The largest absolute Gasteiger partial charge is 0.481 e. The van der Waals surface area contributed by atoms with Crippen molar-refractivity contribution in [1.29, 1.82) is 0 Å². The Hall–Kier alpha value is -1.13. The summed E-state index contributed by atoms with van der Waals surface area (Å²) in [4.78, 5) is 6.93. The standard InChI is InChI=1S/C16H25N3O/c1-20-16-13(5-4-10-18-16)11-19(15-7-8-15)12-14-6-2-3-9-17-14/h4-5,10,14-15,17H,2-3,6-9,11-12H2,1H3. The van der Waals surface area contributed by atoms with Gasteiger partial charge in [0.05, 0.1) is 7.11 Å². The van der Waals surface area contributed by atoms with Crippen molar-refractivity contribution in [1.82, 2.24) is 15.2 Å². The van der Waals surface area contributed by atoms with Crippen LogP contribution in [0.5, 0.6) is 5.88 Å². The lowest BCUT2D eigenvalue weighted by Gasteiger charge is -2.31. The number of aromatic nitrogens is 1. The normalized spacial score (nSPS) is 23.0. The number of hydrogen-bond donors (Lipinski definition) is 1. The molecule has 0 amide bonds. The molecule has 20 heavy (non-hydrogen) atoms. The van der Waals surface area contributed by atoms with Gasteiger partial charge < -0.3 is 10.1 Å². The summed E-state index contributed by atoms with van der Waals surface area (Å²) in [5.41, 5.74) is 1.21. The summed E-state index contributed by atoms with van der Waals surface area (Å²) in [6.07, 6.45) is 8.49. The first-order chi connectivity index (χ1) is 9.86. The van der Waals surface area contributed by atoms with Crippen LogP contribution in [0, 0.1) is 0 Å². The zero-order chi connectivity index (χ0) is 13.8. The summed E-state index contributed by atoms with van der Waals surface area (Å²) < 4.78 is 5.38. The molecule has 1 aliphatic carbocycles. The van der Waals surface area contributed by atoms with Crippen molar-refractivity contribution in [2.45, 2.75) is 50.7 Å². The van der Waals surface area contributed by atoms with Gasteiger partial charge in [0.25, 0.3) is 0 Å². The molecule has 1 aliphatic heterocycles. The summed E-state index contributed by atoms with van der Waals surface area (Å²) in [6, 6.07) is 5.56. The van der Waals surface area contributed by atoms with Crippen molar-refractivity contribution in [2.24, 2.45) is 0 Å². The number of pyridine rings is 1. The fourth-order valence-corrected chi connectivity index (χ4v) is 3.09. The Labute approximate surface area is 121 Å². The van der Waals surface area contributed by atoms with E-state index in [-0.39, 0.29) is 0 Å². The minimum absolute atomic E-state index is 0.659. The Morgan fingerprint density at radius 2 is 2.25 bits per heavy atom. The average molecular weight is 275 g/mol. The molecular weight excluding hydrogens is 250 g/mol. The third kappa shape index (κ3) is 3.49. The summed E-state index contributed by atoms with van der Waals surface area (Å²) in [5.74, 6) is 0.773. The van der Waals surface area contributed by atoms with Crippen LogP contribution >= 0.6 is 0 Å². The Bertz CT molecular complexity index is 427. The van der Waals surface area contributed by atoms with E-state index in [2.05, 4.69) is 21.3 Å². The van der Waals surface area contributed by atoms with Crippen molar-refractivity contribution < 1.29 is 4.74 Å². The van der Waals surface area contributed by atoms with Crippen LogP contribution in [-0.4, -0.2) is 42.2 Å². The lowest BCUT2D eigenvalue weighted by atomic mass is 10.0. The minimum Gasteiger partial charge on any atom is -0.481 e. The molecule has 0 aromatic carbocycles. The number of nitrogens with zero attached hydrogens (tertiary/aromatic N) is 2. The first-order valence-corrected chi connectivity index (χ1v) is 7.82. The smallest absolute Gasteiger partial charge is 0.217 e. The van der Waals surface area contributed by atoms with Gasteiger partial charge >= 0.3 is 0 Å². The summed E-state index contributed by atoms with van der Waals surface area (Å²) in [6.45, 7) is 3.29. The van der Waals surface area contributed by atoms with Crippen molar-refractivity contribution in [3.8, 4) is 5.88 Å². The molecule has 1 saturated heterocycles. The summed E-state index contributed by atoms with van der Waals surface area (Å²) >= 11 is 0. The van der Waals surface area contributed by atoms with Gasteiger partial charge in [-0.3, -0.25) is 4.90 Å². The van der Waals surface area contributed by atoms with E-state index in [1.165, 1.54) is 44.2 Å². The highest BCUT2D eigenvalue weighted by molar-refractivity contribution is 5.25. The van der Waals surface area contributed by atoms with Gasteiger partial charge in [-0.2, -0.15) is 0 Å². The van der Waals surface area contributed by atoms with Crippen LogP contribution in [0.1, 0.15) is 37.7 Å². The average Bonchev–Trinajstić information content (AvgIpc) is 3.33. The van der Waals surface area contributed by atoms with E-state index in [4.69, 9.17) is 4.74 Å². The van der Waals surface area contributed by atoms with Gasteiger partial charge in [0, 0.05) is 36.9 Å². The van der Waals surface area contributed by atoms with Crippen LogP contribution < -0.4 is 10.1 Å². The molecular formula is C16H25N3O. The maximum Gasteiger partial charge on any atom is 0.217 e. The number of methoxy groups -OCH3 is 1. The molecule has 0 bridgehead atoms. The van der Waals surface area contributed by atoms with Crippen LogP contribution in [0.2, 0.25) is 0 Å². The lowest BCUT2D eigenvalue weighted by Crippen LogP contribution is -2.44. The van der Waals surface area contributed by atoms with Crippen molar-refractivity contribution in [3.05, 3.63) is 23.9 Å². The maximum absolute atomic E-state index is 5.38. The molecule has 0 spiro atoms. The topological polar surface area (TPSA) is 37.4 Å². The zero-order valence-electron chi connectivity index (χ0n) is 12.3. The highest BCUT2D eigenvalue weighted by Gasteiger charge is 2.31. The van der Waals surface area contributed by atoms with Crippen LogP contribution in [0.4, 0.5) is 0 Å². The van der Waals surface area contributed by atoms with Crippen molar-refractivity contribution in [2.75, 3.05) is 20.2 Å². The molecule has 0 radical (unpaired) electrons. The molecule has 2 aliphatic rings. The highest BCUT2D eigenvalue weighted by atomic mass is 16.5. The van der Waals surface area contributed by atoms with Gasteiger partial charge in [-0.1, -0.05) is 12.5 Å². The second-order valence-corrected chi connectivity index (χ2v) is 5.98. The summed E-state index contributed by atoms with van der Waals surface area (Å²) in [5, 5.41) is 3.66. The van der Waals surface area contributed by atoms with Crippen molar-refractivity contribution >= 4 is 0 Å². The maximum atomic E-state index is 5.38. The van der Waals surface area contributed by atoms with Crippen LogP contribution in [0.15, 0.2) is 18.3 Å². The quantitative estimate of drug-likeness (QED) is 0.863. The Balaban J connectivity index is 1.64. The molecule has 4 nitrogen and oxygen atoms in total. The fourth-order valence-electron chi connectivity index (χ4n) is 3.09. The fraction of sp³-hybridized carbons (Fsp3) is 0.688. The Morgan fingerprint density at radius 3 is 2.95 bits per heavy atom. The van der Waals surface area contributed by atoms with Crippen LogP contribution in [0.25, 0.3) is 0 Å². The second-order valence-electron chi connectivity index (χ2n) is 5.98. The molecule has 1 unspecified atom stereocenters. The van der Waals surface area contributed by atoms with E-state index in [1.807, 2.05) is 6.07 Å². The third-order valence-electron chi connectivity index (χ3n) is 4.35. The zero-order valence-corrected chi connectivity index (χ0v) is 12.3. The summed E-state index contributed by atoms with van der Waals surface area (Å²) in [7, 11) is 1.70. The molecule has 1 atom stereocenters. The highest BCUT2D eigenvalue weighted by Crippen LogP contribution is 2.30. The monoisotopic (exact) mass is 275 g/mol. The number of piperidine rings is 1. The van der Waals surface area contributed by atoms with Gasteiger partial charge in [0.2, 0.25) is 5.88 Å². The van der Waals surface area contributed by atoms with Gasteiger partial charge in [-0.15, -0.1) is 0 Å². The Kier molecular flexibility index (Phi) is 4.53. The third-order valence-corrected chi connectivity index (χ3v) is 4.35. The molecule has 1 aromatic rings. The van der Waals surface area contributed by atoms with Crippen LogP contribution in [0.3, 0.4) is 0 Å². The number of nitrogens with one attached hydrogen (secondary N) is 1. The molecule has 2 heterocycles. The van der Waals surface area contributed by atoms with E-state index in [0.717, 1.165) is 25.0 Å². The number of rotatable bonds is 6. The lowest BCUT2D eigenvalue weighted by molar-refractivity contribution is 0.205. The SMILES string of the molecule is COc1ncccc1CN(CC1CCCCN1)C1CC1.